The molecule has 0 aliphatic rings. The summed E-state index contributed by atoms with van der Waals surface area (Å²) in [6.45, 7) is 2.30. The molecule has 2 aromatic carbocycles. The van der Waals surface area contributed by atoms with Crippen molar-refractivity contribution in [3.8, 4) is 5.75 Å². The number of carbonyl (C=O) groups is 1. The Morgan fingerprint density at radius 1 is 1.05 bits per heavy atom. The van der Waals surface area contributed by atoms with Gasteiger partial charge in [-0.2, -0.15) is 0 Å². The molecule has 0 aromatic heterocycles. The van der Waals surface area contributed by atoms with Crippen LogP contribution in [0.2, 0.25) is 0 Å². The molecule has 0 heterocycles. The molecule has 3 heteroatoms. The summed E-state index contributed by atoms with van der Waals surface area (Å²) in [7, 11) is 0. The lowest BCUT2D eigenvalue weighted by Crippen LogP contribution is -1.99. The third-order valence-corrected chi connectivity index (χ3v) is 3.72. The van der Waals surface area contributed by atoms with Crippen molar-refractivity contribution in [3.05, 3.63) is 60.2 Å². The fraction of sp³-hybridized carbons (Fsp3) is 0.235. The van der Waals surface area contributed by atoms with Crippen molar-refractivity contribution in [1.29, 1.82) is 0 Å². The van der Waals surface area contributed by atoms with Gasteiger partial charge < -0.3 is 4.74 Å². The van der Waals surface area contributed by atoms with E-state index in [1.807, 2.05) is 42.5 Å². The van der Waals surface area contributed by atoms with Crippen molar-refractivity contribution in [1.82, 2.24) is 0 Å². The Labute approximate surface area is 124 Å². The number of rotatable bonds is 7. The van der Waals surface area contributed by atoms with Crippen molar-refractivity contribution in [2.45, 2.75) is 18.2 Å². The number of hydrogen-bond donors (Lipinski definition) is 0. The number of hydrogen-bond acceptors (Lipinski definition) is 3. The largest absolute Gasteiger partial charge is 0.493 e. The van der Waals surface area contributed by atoms with E-state index < -0.39 is 0 Å². The summed E-state index contributed by atoms with van der Waals surface area (Å²) in [5.74, 6) is 2.01. The molecule has 2 nitrogen and oxygen atoms in total. The van der Waals surface area contributed by atoms with Crippen LogP contribution in [0.15, 0.2) is 59.5 Å². The van der Waals surface area contributed by atoms with Crippen LogP contribution in [0, 0.1) is 0 Å². The predicted octanol–water partition coefficient (Wildman–Crippen LogP) is 3.99. The average molecular weight is 286 g/mol. The lowest BCUT2D eigenvalue weighted by Gasteiger charge is -2.06. The molecule has 0 aliphatic carbocycles. The molecule has 0 saturated heterocycles. The van der Waals surface area contributed by atoms with Crippen LogP contribution in [0.25, 0.3) is 0 Å². The van der Waals surface area contributed by atoms with Crippen LogP contribution in [-0.2, 0) is 11.2 Å². The first kappa shape index (κ1) is 14.7. The molecular formula is C17H18O2S. The molecule has 20 heavy (non-hydrogen) atoms. The van der Waals surface area contributed by atoms with Gasteiger partial charge in [-0.3, -0.25) is 4.79 Å². The van der Waals surface area contributed by atoms with Gasteiger partial charge in [0.2, 0.25) is 0 Å². The molecule has 2 rings (SSSR count). The molecule has 0 radical (unpaired) electrons. The van der Waals surface area contributed by atoms with Crippen LogP contribution >= 0.6 is 11.8 Å². The van der Waals surface area contributed by atoms with Crippen LogP contribution in [-0.4, -0.2) is 18.1 Å². The number of ketones is 1. The molecule has 0 amide bonds. The molecular weight excluding hydrogens is 268 g/mol. The van der Waals surface area contributed by atoms with Crippen molar-refractivity contribution < 1.29 is 9.53 Å². The van der Waals surface area contributed by atoms with E-state index in [1.165, 1.54) is 4.90 Å². The maximum atomic E-state index is 11.0. The van der Waals surface area contributed by atoms with E-state index in [9.17, 15) is 4.79 Å². The number of thioether (sulfide) groups is 1. The van der Waals surface area contributed by atoms with E-state index in [2.05, 4.69) is 12.1 Å². The van der Waals surface area contributed by atoms with Crippen LogP contribution in [0.1, 0.15) is 12.5 Å². The van der Waals surface area contributed by atoms with Crippen molar-refractivity contribution in [3.63, 3.8) is 0 Å². The van der Waals surface area contributed by atoms with Crippen LogP contribution in [0.3, 0.4) is 0 Å². The van der Waals surface area contributed by atoms with Crippen molar-refractivity contribution in [2.75, 3.05) is 12.4 Å². The maximum Gasteiger partial charge on any atom is 0.134 e. The van der Waals surface area contributed by atoms with Crippen LogP contribution in [0.4, 0.5) is 0 Å². The van der Waals surface area contributed by atoms with E-state index >= 15 is 0 Å². The Hall–Kier alpha value is -1.74. The first-order chi connectivity index (χ1) is 9.74. The predicted molar refractivity (Wildman–Crippen MR) is 83.5 cm³/mol. The molecule has 0 saturated carbocycles. The highest BCUT2D eigenvalue weighted by atomic mass is 32.2. The first-order valence-corrected chi connectivity index (χ1v) is 7.61. The molecule has 0 atom stereocenters. The highest BCUT2D eigenvalue weighted by molar-refractivity contribution is 7.99. The minimum atomic E-state index is 0.196. The van der Waals surface area contributed by atoms with E-state index in [1.54, 1.807) is 18.7 Å². The third-order valence-electron chi connectivity index (χ3n) is 2.74. The Morgan fingerprint density at radius 2 is 1.75 bits per heavy atom. The minimum Gasteiger partial charge on any atom is -0.493 e. The van der Waals surface area contributed by atoms with Crippen LogP contribution in [0.5, 0.6) is 5.75 Å². The Kier molecular flexibility index (Phi) is 5.69. The zero-order valence-corrected chi connectivity index (χ0v) is 12.4. The Balaban J connectivity index is 1.73. The second-order valence-corrected chi connectivity index (χ2v) is 5.70. The van der Waals surface area contributed by atoms with E-state index in [0.717, 1.165) is 17.1 Å². The number of Topliss-reactive ketones (excluding diaryl/α,β-unsaturated/α-hetero) is 1. The molecule has 2 aromatic rings. The minimum absolute atomic E-state index is 0.196. The maximum absolute atomic E-state index is 11.0. The molecule has 0 N–H and O–H groups in total. The molecule has 0 spiro atoms. The van der Waals surface area contributed by atoms with Crippen molar-refractivity contribution in [2.24, 2.45) is 0 Å². The van der Waals surface area contributed by atoms with E-state index in [0.29, 0.717) is 13.0 Å². The number of para-hydroxylation sites is 1. The highest BCUT2D eigenvalue weighted by Crippen LogP contribution is 2.19. The SMILES string of the molecule is CC(=O)Cc1ccc(SCCOc2ccccc2)cc1. The summed E-state index contributed by atoms with van der Waals surface area (Å²) in [6.07, 6.45) is 0.516. The molecule has 0 unspecified atom stereocenters. The quantitative estimate of drug-likeness (QED) is 0.568. The van der Waals surface area contributed by atoms with Crippen molar-refractivity contribution >= 4 is 17.5 Å². The van der Waals surface area contributed by atoms with Gasteiger partial charge in [0.15, 0.2) is 0 Å². The standard InChI is InChI=1S/C17H18O2S/c1-14(18)13-15-7-9-17(10-8-15)20-12-11-19-16-5-3-2-4-6-16/h2-10H,11-13H2,1H3. The van der Waals surface area contributed by atoms with Gasteiger partial charge in [0.05, 0.1) is 6.61 Å². The van der Waals surface area contributed by atoms with E-state index in [-0.39, 0.29) is 5.78 Å². The van der Waals surface area contributed by atoms with Gasteiger partial charge in [-0.05, 0) is 36.8 Å². The summed E-state index contributed by atoms with van der Waals surface area (Å²) in [4.78, 5) is 12.2. The van der Waals surface area contributed by atoms with Gasteiger partial charge in [-0.25, -0.2) is 0 Å². The highest BCUT2D eigenvalue weighted by Gasteiger charge is 1.99. The van der Waals surface area contributed by atoms with Gasteiger partial charge in [0.1, 0.15) is 11.5 Å². The smallest absolute Gasteiger partial charge is 0.134 e. The summed E-state index contributed by atoms with van der Waals surface area (Å²) in [5.41, 5.74) is 1.07. The van der Waals surface area contributed by atoms with E-state index in [4.69, 9.17) is 4.74 Å². The number of carbonyl (C=O) groups excluding carboxylic acids is 1. The lowest BCUT2D eigenvalue weighted by atomic mass is 10.1. The number of benzene rings is 2. The molecule has 0 aliphatic heterocycles. The van der Waals surface area contributed by atoms with Gasteiger partial charge >= 0.3 is 0 Å². The fourth-order valence-electron chi connectivity index (χ4n) is 1.83. The topological polar surface area (TPSA) is 26.3 Å². The summed E-state index contributed by atoms with van der Waals surface area (Å²) >= 11 is 1.76. The summed E-state index contributed by atoms with van der Waals surface area (Å²) < 4.78 is 5.64. The molecule has 104 valence electrons. The lowest BCUT2D eigenvalue weighted by molar-refractivity contribution is -0.116. The van der Waals surface area contributed by atoms with Gasteiger partial charge in [0, 0.05) is 17.1 Å². The monoisotopic (exact) mass is 286 g/mol. The fourth-order valence-corrected chi connectivity index (χ4v) is 2.56. The zero-order valence-electron chi connectivity index (χ0n) is 11.5. The third kappa shape index (κ3) is 5.10. The van der Waals surface area contributed by atoms with Crippen LogP contribution < -0.4 is 4.74 Å². The van der Waals surface area contributed by atoms with Gasteiger partial charge in [-0.15, -0.1) is 11.8 Å². The number of ether oxygens (including phenoxy) is 1. The average Bonchev–Trinajstić information content (AvgIpc) is 2.46. The zero-order chi connectivity index (χ0) is 14.2. The summed E-state index contributed by atoms with van der Waals surface area (Å²) in [6, 6.07) is 18.0. The van der Waals surface area contributed by atoms with Gasteiger partial charge in [-0.1, -0.05) is 30.3 Å². The molecule has 0 fully saturated rings. The Morgan fingerprint density at radius 3 is 2.40 bits per heavy atom. The Bertz CT molecular complexity index is 535. The second-order valence-electron chi connectivity index (χ2n) is 4.53. The summed E-state index contributed by atoms with van der Waals surface area (Å²) in [5, 5.41) is 0. The second kappa shape index (κ2) is 7.75. The van der Waals surface area contributed by atoms with Gasteiger partial charge in [0.25, 0.3) is 0 Å². The first-order valence-electron chi connectivity index (χ1n) is 6.63. The molecule has 0 bridgehead atoms. The normalized spacial score (nSPS) is 10.2.